The molecule has 20 heavy (non-hydrogen) atoms. The van der Waals surface area contributed by atoms with E-state index < -0.39 is 6.10 Å². The van der Waals surface area contributed by atoms with E-state index in [0.717, 1.165) is 15.8 Å². The van der Waals surface area contributed by atoms with Crippen molar-refractivity contribution in [1.82, 2.24) is 0 Å². The molecule has 0 aliphatic rings. The lowest BCUT2D eigenvalue weighted by Gasteiger charge is -2.14. The van der Waals surface area contributed by atoms with Crippen LogP contribution in [0.1, 0.15) is 17.2 Å². The van der Waals surface area contributed by atoms with Crippen LogP contribution >= 0.6 is 31.9 Å². The van der Waals surface area contributed by atoms with Gasteiger partial charge in [0.25, 0.3) is 0 Å². The standard InChI is InChI=1S/C15H13Br2FO2/c1-20-15-5-2-9(6-13(15)17)7-14(19)11-8-10(18)3-4-12(11)16/h2-6,8,14,19H,7H2,1H3. The maximum atomic E-state index is 13.3. The number of hydrogen-bond acceptors (Lipinski definition) is 2. The van der Waals surface area contributed by atoms with Crippen molar-refractivity contribution in [2.24, 2.45) is 0 Å². The monoisotopic (exact) mass is 402 g/mol. The Morgan fingerprint density at radius 1 is 1.15 bits per heavy atom. The number of aliphatic hydroxyl groups is 1. The molecule has 0 heterocycles. The topological polar surface area (TPSA) is 29.5 Å². The van der Waals surface area contributed by atoms with Gasteiger partial charge in [-0.2, -0.15) is 0 Å². The molecule has 2 rings (SSSR count). The Balaban J connectivity index is 2.21. The summed E-state index contributed by atoms with van der Waals surface area (Å²) in [5, 5.41) is 10.3. The molecule has 106 valence electrons. The van der Waals surface area contributed by atoms with E-state index in [0.29, 0.717) is 16.5 Å². The zero-order valence-corrected chi connectivity index (χ0v) is 13.9. The Hall–Kier alpha value is -0.910. The summed E-state index contributed by atoms with van der Waals surface area (Å²) in [6, 6.07) is 9.87. The van der Waals surface area contributed by atoms with Crippen molar-refractivity contribution >= 4 is 31.9 Å². The number of hydrogen-bond donors (Lipinski definition) is 1. The van der Waals surface area contributed by atoms with Gasteiger partial charge in [0.2, 0.25) is 0 Å². The Bertz CT molecular complexity index is 617. The highest BCUT2D eigenvalue weighted by Crippen LogP contribution is 2.30. The molecule has 0 bridgehead atoms. The quantitative estimate of drug-likeness (QED) is 0.805. The Morgan fingerprint density at radius 2 is 1.90 bits per heavy atom. The van der Waals surface area contributed by atoms with E-state index in [2.05, 4.69) is 31.9 Å². The number of halogens is 3. The second kappa shape index (κ2) is 6.70. The second-order valence-electron chi connectivity index (χ2n) is 4.35. The first-order chi connectivity index (χ1) is 9.51. The van der Waals surface area contributed by atoms with E-state index in [1.807, 2.05) is 18.2 Å². The summed E-state index contributed by atoms with van der Waals surface area (Å²) in [6.45, 7) is 0. The van der Waals surface area contributed by atoms with E-state index in [9.17, 15) is 9.50 Å². The number of methoxy groups -OCH3 is 1. The Kier molecular flexibility index (Phi) is 5.18. The van der Waals surface area contributed by atoms with E-state index in [1.54, 1.807) is 13.2 Å². The molecular weight excluding hydrogens is 391 g/mol. The molecule has 0 saturated carbocycles. The largest absolute Gasteiger partial charge is 0.496 e. The lowest BCUT2D eigenvalue weighted by Crippen LogP contribution is -2.03. The molecule has 2 nitrogen and oxygen atoms in total. The molecule has 1 N–H and O–H groups in total. The molecule has 1 unspecified atom stereocenters. The van der Waals surface area contributed by atoms with Gasteiger partial charge in [-0.1, -0.05) is 22.0 Å². The highest BCUT2D eigenvalue weighted by molar-refractivity contribution is 9.10. The molecule has 0 aliphatic carbocycles. The third kappa shape index (κ3) is 3.59. The molecular formula is C15H13Br2FO2. The molecule has 0 amide bonds. The molecule has 0 aromatic heterocycles. The van der Waals surface area contributed by atoms with Crippen LogP contribution in [0.5, 0.6) is 5.75 Å². The smallest absolute Gasteiger partial charge is 0.133 e. The summed E-state index contributed by atoms with van der Waals surface area (Å²) in [7, 11) is 1.60. The maximum absolute atomic E-state index is 13.3. The van der Waals surface area contributed by atoms with E-state index in [-0.39, 0.29) is 5.82 Å². The van der Waals surface area contributed by atoms with Crippen LogP contribution < -0.4 is 4.74 Å². The summed E-state index contributed by atoms with van der Waals surface area (Å²) in [4.78, 5) is 0. The van der Waals surface area contributed by atoms with E-state index >= 15 is 0 Å². The highest BCUT2D eigenvalue weighted by atomic mass is 79.9. The van der Waals surface area contributed by atoms with Crippen LogP contribution in [0.3, 0.4) is 0 Å². The molecule has 1 atom stereocenters. The molecule has 0 saturated heterocycles. The lowest BCUT2D eigenvalue weighted by molar-refractivity contribution is 0.177. The number of benzene rings is 2. The van der Waals surface area contributed by atoms with Gasteiger partial charge in [0, 0.05) is 10.9 Å². The van der Waals surface area contributed by atoms with E-state index in [1.165, 1.54) is 12.1 Å². The highest BCUT2D eigenvalue weighted by Gasteiger charge is 2.14. The van der Waals surface area contributed by atoms with Crippen molar-refractivity contribution in [2.45, 2.75) is 12.5 Å². The van der Waals surface area contributed by atoms with Crippen LogP contribution in [-0.4, -0.2) is 12.2 Å². The van der Waals surface area contributed by atoms with Crippen molar-refractivity contribution in [2.75, 3.05) is 7.11 Å². The number of rotatable bonds is 4. The van der Waals surface area contributed by atoms with Crippen LogP contribution in [0, 0.1) is 5.82 Å². The average molecular weight is 404 g/mol. The van der Waals surface area contributed by atoms with Crippen LogP contribution in [0.25, 0.3) is 0 Å². The van der Waals surface area contributed by atoms with Crippen LogP contribution in [0.15, 0.2) is 45.3 Å². The molecule has 0 spiro atoms. The minimum atomic E-state index is -0.777. The zero-order valence-electron chi connectivity index (χ0n) is 10.7. The minimum Gasteiger partial charge on any atom is -0.496 e. The predicted octanol–water partition coefficient (Wildman–Crippen LogP) is 4.64. The summed E-state index contributed by atoms with van der Waals surface area (Å²) < 4.78 is 19.9. The summed E-state index contributed by atoms with van der Waals surface area (Å²) in [5.74, 6) is 0.369. The normalized spacial score (nSPS) is 12.2. The maximum Gasteiger partial charge on any atom is 0.133 e. The minimum absolute atomic E-state index is 0.363. The second-order valence-corrected chi connectivity index (χ2v) is 6.06. The van der Waals surface area contributed by atoms with Gasteiger partial charge in [-0.25, -0.2) is 4.39 Å². The first-order valence-electron chi connectivity index (χ1n) is 5.96. The molecule has 2 aromatic rings. The van der Waals surface area contributed by atoms with Crippen molar-refractivity contribution in [1.29, 1.82) is 0 Å². The van der Waals surface area contributed by atoms with Gasteiger partial charge < -0.3 is 9.84 Å². The number of ether oxygens (including phenoxy) is 1. The van der Waals surface area contributed by atoms with Gasteiger partial charge in [-0.15, -0.1) is 0 Å². The number of aliphatic hydroxyl groups excluding tert-OH is 1. The summed E-state index contributed by atoms with van der Waals surface area (Å²) in [6.07, 6.45) is -0.384. The van der Waals surface area contributed by atoms with E-state index in [4.69, 9.17) is 4.74 Å². The average Bonchev–Trinajstić information content (AvgIpc) is 2.41. The third-order valence-corrected chi connectivity index (χ3v) is 4.30. The fourth-order valence-electron chi connectivity index (χ4n) is 1.94. The van der Waals surface area contributed by atoms with Gasteiger partial charge in [0.05, 0.1) is 17.7 Å². The van der Waals surface area contributed by atoms with Crippen molar-refractivity contribution in [3.63, 3.8) is 0 Å². The summed E-state index contributed by atoms with van der Waals surface area (Å²) >= 11 is 6.73. The summed E-state index contributed by atoms with van der Waals surface area (Å²) in [5.41, 5.74) is 1.47. The molecule has 2 aromatic carbocycles. The van der Waals surface area contributed by atoms with Gasteiger partial charge in [-0.3, -0.25) is 0 Å². The molecule has 5 heteroatoms. The van der Waals surface area contributed by atoms with Gasteiger partial charge in [0.15, 0.2) is 0 Å². The van der Waals surface area contributed by atoms with Crippen molar-refractivity contribution < 1.29 is 14.2 Å². The Labute approximate surface area is 133 Å². The van der Waals surface area contributed by atoms with Gasteiger partial charge in [0.1, 0.15) is 11.6 Å². The zero-order chi connectivity index (χ0) is 14.7. The van der Waals surface area contributed by atoms with Crippen LogP contribution in [-0.2, 0) is 6.42 Å². The van der Waals surface area contributed by atoms with Crippen LogP contribution in [0.4, 0.5) is 4.39 Å². The SMILES string of the molecule is COc1ccc(CC(O)c2cc(F)ccc2Br)cc1Br. The van der Waals surface area contributed by atoms with Gasteiger partial charge in [-0.05, 0) is 57.4 Å². The first-order valence-corrected chi connectivity index (χ1v) is 7.55. The predicted molar refractivity (Wildman–Crippen MR) is 83.5 cm³/mol. The van der Waals surface area contributed by atoms with Gasteiger partial charge >= 0.3 is 0 Å². The third-order valence-electron chi connectivity index (χ3n) is 2.96. The van der Waals surface area contributed by atoms with Crippen LogP contribution in [0.2, 0.25) is 0 Å². The fourth-order valence-corrected chi connectivity index (χ4v) is 3.04. The first kappa shape index (κ1) is 15.5. The molecule has 0 radical (unpaired) electrons. The molecule has 0 fully saturated rings. The Morgan fingerprint density at radius 3 is 2.55 bits per heavy atom. The lowest BCUT2D eigenvalue weighted by atomic mass is 10.0. The van der Waals surface area contributed by atoms with Crippen molar-refractivity contribution in [3.05, 3.63) is 62.3 Å². The molecule has 0 aliphatic heterocycles. The van der Waals surface area contributed by atoms with Crippen molar-refractivity contribution in [3.8, 4) is 5.75 Å². The fraction of sp³-hybridized carbons (Fsp3) is 0.200.